The number of nitrogens with one attached hydrogen (secondary N) is 1. The minimum Gasteiger partial charge on any atom is -0.480 e. The van der Waals surface area contributed by atoms with Crippen LogP contribution in [0.2, 0.25) is 0 Å². The predicted molar refractivity (Wildman–Crippen MR) is 96.4 cm³/mol. The Hall–Kier alpha value is -2.11. The van der Waals surface area contributed by atoms with Crippen LogP contribution in [-0.2, 0) is 24.5 Å². The van der Waals surface area contributed by atoms with E-state index in [9.17, 15) is 32.5 Å². The number of hydrogen-bond donors (Lipinski definition) is 3. The molecule has 0 bridgehead atoms. The van der Waals surface area contributed by atoms with E-state index in [2.05, 4.69) is 5.32 Å². The van der Waals surface area contributed by atoms with Crippen LogP contribution < -0.4 is 5.32 Å². The Morgan fingerprint density at radius 3 is 2.37 bits per heavy atom. The first-order chi connectivity index (χ1) is 12.4. The number of rotatable bonds is 5. The lowest BCUT2D eigenvalue weighted by atomic mass is 9.96. The van der Waals surface area contributed by atoms with Crippen LogP contribution >= 0.6 is 11.8 Å². The lowest BCUT2D eigenvalue weighted by molar-refractivity contribution is -0.161. The zero-order chi connectivity index (χ0) is 20.1. The number of aliphatic carboxylic acids is 1. The van der Waals surface area contributed by atoms with Crippen LogP contribution in [0.15, 0.2) is 30.3 Å². The van der Waals surface area contributed by atoms with Crippen LogP contribution in [0.3, 0.4) is 0 Å². The quantitative estimate of drug-likeness (QED) is 0.460. The molecule has 0 saturated carbocycles. The zero-order valence-electron chi connectivity index (χ0n) is 14.4. The van der Waals surface area contributed by atoms with Gasteiger partial charge in [-0.1, -0.05) is 30.3 Å². The molecule has 2 aliphatic rings. The maximum absolute atomic E-state index is 12.6. The van der Waals surface area contributed by atoms with Crippen molar-refractivity contribution in [3.63, 3.8) is 0 Å². The standard InChI is InChI=1S/C16H18N2O7S2/c1-16(2)11(15(21)22)18-13(20)9(14(18)26-16)17-12(19)10(27(23,24)25)8-6-4-3-5-7-8/h3-7,9-11,14H,1-2H3,(H,17,19)(H,21,22)(H,23,24,25)/t9-,10?,11-,14+/m0/s1. The second-order valence-corrected chi connectivity index (χ2v) is 10.2. The molecule has 1 unspecified atom stereocenters. The highest BCUT2D eigenvalue weighted by molar-refractivity contribution is 8.01. The van der Waals surface area contributed by atoms with Crippen LogP contribution in [0.1, 0.15) is 24.7 Å². The molecule has 2 amide bonds. The number of benzene rings is 1. The molecule has 0 spiro atoms. The van der Waals surface area contributed by atoms with Gasteiger partial charge < -0.3 is 15.3 Å². The Labute approximate surface area is 159 Å². The molecule has 4 atom stereocenters. The first-order valence-corrected chi connectivity index (χ1v) is 10.4. The van der Waals surface area contributed by atoms with Crippen molar-refractivity contribution in [2.75, 3.05) is 0 Å². The van der Waals surface area contributed by atoms with E-state index in [4.69, 9.17) is 0 Å². The highest BCUT2D eigenvalue weighted by Crippen LogP contribution is 2.50. The molecule has 1 aromatic rings. The number of thioether (sulfide) groups is 1. The van der Waals surface area contributed by atoms with Crippen LogP contribution in [0.5, 0.6) is 0 Å². The van der Waals surface area contributed by atoms with Gasteiger partial charge in [-0.3, -0.25) is 14.1 Å². The summed E-state index contributed by atoms with van der Waals surface area (Å²) in [5.41, 5.74) is 0.0592. The minimum atomic E-state index is -4.77. The topological polar surface area (TPSA) is 141 Å². The molecular formula is C16H18N2O7S2. The van der Waals surface area contributed by atoms with Gasteiger partial charge in [0.15, 0.2) is 5.25 Å². The Bertz CT molecular complexity index is 901. The molecule has 0 aromatic heterocycles. The number of carbonyl (C=O) groups is 3. The lowest BCUT2D eigenvalue weighted by Crippen LogP contribution is -2.71. The van der Waals surface area contributed by atoms with Crippen molar-refractivity contribution in [2.24, 2.45) is 0 Å². The van der Waals surface area contributed by atoms with Crippen LogP contribution in [0.25, 0.3) is 0 Å². The number of nitrogens with zero attached hydrogens (tertiary/aromatic N) is 1. The maximum Gasteiger partial charge on any atom is 0.327 e. The van der Waals surface area contributed by atoms with Crippen molar-refractivity contribution in [1.82, 2.24) is 10.2 Å². The van der Waals surface area contributed by atoms with Gasteiger partial charge >= 0.3 is 5.97 Å². The van der Waals surface area contributed by atoms with E-state index in [0.717, 1.165) is 0 Å². The molecule has 0 radical (unpaired) electrons. The summed E-state index contributed by atoms with van der Waals surface area (Å²) in [5, 5.41) is 9.26. The van der Waals surface area contributed by atoms with Crippen molar-refractivity contribution in [3.8, 4) is 0 Å². The number of hydrogen-bond acceptors (Lipinski definition) is 6. The molecule has 9 nitrogen and oxygen atoms in total. The molecule has 2 fully saturated rings. The van der Waals surface area contributed by atoms with Gasteiger partial charge in [0.05, 0.1) is 0 Å². The van der Waals surface area contributed by atoms with Gasteiger partial charge in [0, 0.05) is 4.75 Å². The molecule has 1 aromatic carbocycles. The third-order valence-electron chi connectivity index (χ3n) is 4.61. The summed E-state index contributed by atoms with van der Waals surface area (Å²) < 4.78 is 32.2. The molecule has 146 valence electrons. The first-order valence-electron chi connectivity index (χ1n) is 7.99. The molecule has 11 heteroatoms. The fourth-order valence-corrected chi connectivity index (χ4v) is 5.93. The minimum absolute atomic E-state index is 0.0592. The number of carboxylic acids is 1. The number of carboxylic acid groups (broad SMARTS) is 1. The largest absolute Gasteiger partial charge is 0.480 e. The van der Waals surface area contributed by atoms with Gasteiger partial charge in [0.25, 0.3) is 10.1 Å². The zero-order valence-corrected chi connectivity index (χ0v) is 16.0. The number of carbonyl (C=O) groups excluding carboxylic acids is 2. The highest BCUT2D eigenvalue weighted by Gasteiger charge is 2.64. The number of β-lactam (4-membered cyclic amide) rings is 1. The van der Waals surface area contributed by atoms with Gasteiger partial charge in [-0.2, -0.15) is 8.42 Å². The van der Waals surface area contributed by atoms with Crippen molar-refractivity contribution in [2.45, 2.75) is 41.3 Å². The molecule has 2 saturated heterocycles. The summed E-state index contributed by atoms with van der Waals surface area (Å²) >= 11 is 1.22. The Morgan fingerprint density at radius 1 is 1.26 bits per heavy atom. The predicted octanol–water partition coefficient (Wildman–Crippen LogP) is 0.247. The lowest BCUT2D eigenvalue weighted by Gasteiger charge is -2.43. The van der Waals surface area contributed by atoms with E-state index < -0.39 is 55.4 Å². The fourth-order valence-electron chi connectivity index (χ4n) is 3.46. The average molecular weight is 414 g/mol. The second kappa shape index (κ2) is 6.50. The third kappa shape index (κ3) is 3.30. The van der Waals surface area contributed by atoms with E-state index in [-0.39, 0.29) is 5.56 Å². The van der Waals surface area contributed by atoms with Gasteiger partial charge in [0.2, 0.25) is 11.8 Å². The van der Waals surface area contributed by atoms with Crippen LogP contribution in [0.4, 0.5) is 0 Å². The Balaban J connectivity index is 1.83. The van der Waals surface area contributed by atoms with Gasteiger partial charge in [-0.05, 0) is 19.4 Å². The highest BCUT2D eigenvalue weighted by atomic mass is 32.2. The Kier molecular flexibility index (Phi) is 4.73. The van der Waals surface area contributed by atoms with E-state index in [1.807, 2.05) is 0 Å². The van der Waals surface area contributed by atoms with Crippen molar-refractivity contribution < 1.29 is 32.5 Å². The third-order valence-corrected chi connectivity index (χ3v) is 7.26. The Morgan fingerprint density at radius 2 is 1.85 bits per heavy atom. The SMILES string of the molecule is CC1(C)S[C@@H]2[C@@H](NC(=O)C(c3ccccc3)S(=O)(=O)O)C(=O)N2[C@H]1C(=O)O. The summed E-state index contributed by atoms with van der Waals surface area (Å²) in [7, 11) is -4.77. The second-order valence-electron chi connectivity index (χ2n) is 6.89. The summed E-state index contributed by atoms with van der Waals surface area (Å²) in [5.74, 6) is -2.78. The summed E-state index contributed by atoms with van der Waals surface area (Å²) in [6, 6.07) is 5.31. The first kappa shape index (κ1) is 19.6. The van der Waals surface area contributed by atoms with E-state index in [1.165, 1.54) is 40.9 Å². The fraction of sp³-hybridized carbons (Fsp3) is 0.438. The van der Waals surface area contributed by atoms with Gasteiger partial charge in [-0.15, -0.1) is 11.8 Å². The van der Waals surface area contributed by atoms with Crippen LogP contribution in [-0.4, -0.2) is 63.0 Å². The monoisotopic (exact) mass is 414 g/mol. The molecule has 2 aliphatic heterocycles. The normalized spacial score (nSPS) is 27.4. The molecule has 3 N–H and O–H groups in total. The van der Waals surface area contributed by atoms with Gasteiger partial charge in [0.1, 0.15) is 17.5 Å². The molecular weight excluding hydrogens is 396 g/mol. The molecule has 3 rings (SSSR count). The van der Waals surface area contributed by atoms with Gasteiger partial charge in [-0.25, -0.2) is 4.79 Å². The van der Waals surface area contributed by atoms with E-state index >= 15 is 0 Å². The van der Waals surface area contributed by atoms with Crippen molar-refractivity contribution in [1.29, 1.82) is 0 Å². The number of amides is 2. The summed E-state index contributed by atoms with van der Waals surface area (Å²) in [4.78, 5) is 37.7. The molecule has 0 aliphatic carbocycles. The molecule has 2 heterocycles. The maximum atomic E-state index is 12.6. The average Bonchev–Trinajstić information content (AvgIpc) is 2.81. The van der Waals surface area contributed by atoms with Crippen molar-refractivity contribution in [3.05, 3.63) is 35.9 Å². The number of fused-ring (bicyclic) bond motifs is 1. The van der Waals surface area contributed by atoms with Crippen molar-refractivity contribution >= 4 is 39.7 Å². The van der Waals surface area contributed by atoms with E-state index in [0.29, 0.717) is 0 Å². The smallest absolute Gasteiger partial charge is 0.327 e. The summed E-state index contributed by atoms with van der Waals surface area (Å²) in [6.07, 6.45) is 0. The summed E-state index contributed by atoms with van der Waals surface area (Å²) in [6.45, 7) is 3.37. The van der Waals surface area contributed by atoms with E-state index in [1.54, 1.807) is 19.9 Å². The van der Waals surface area contributed by atoms with Crippen LogP contribution in [0, 0.1) is 0 Å². The molecule has 27 heavy (non-hydrogen) atoms.